The van der Waals surface area contributed by atoms with Crippen LogP contribution in [0.3, 0.4) is 0 Å². The van der Waals surface area contributed by atoms with Gasteiger partial charge in [0.2, 0.25) is 5.91 Å². The van der Waals surface area contributed by atoms with Crippen molar-refractivity contribution >= 4 is 5.91 Å². The molecule has 16 heavy (non-hydrogen) atoms. The van der Waals surface area contributed by atoms with E-state index >= 15 is 0 Å². The Hall–Kier alpha value is -0.570. The van der Waals surface area contributed by atoms with Crippen LogP contribution in [0.25, 0.3) is 0 Å². The minimum absolute atomic E-state index is 0.0861. The van der Waals surface area contributed by atoms with Crippen LogP contribution in [-0.2, 0) is 9.53 Å². The van der Waals surface area contributed by atoms with Gasteiger partial charge in [-0.25, -0.2) is 0 Å². The molecular formula is C13H21NO2. The van der Waals surface area contributed by atoms with Gasteiger partial charge in [0.15, 0.2) is 0 Å². The summed E-state index contributed by atoms with van der Waals surface area (Å²) in [6.45, 7) is 1.68. The van der Waals surface area contributed by atoms with E-state index < -0.39 is 0 Å². The van der Waals surface area contributed by atoms with Gasteiger partial charge in [-0.05, 0) is 25.7 Å². The molecule has 0 bridgehead atoms. The number of hydrogen-bond donors (Lipinski definition) is 1. The van der Waals surface area contributed by atoms with Gasteiger partial charge in [-0.1, -0.05) is 19.3 Å². The van der Waals surface area contributed by atoms with E-state index in [0.717, 1.165) is 19.6 Å². The summed E-state index contributed by atoms with van der Waals surface area (Å²) in [5, 5.41) is 3.31. The Kier molecular flexibility index (Phi) is 2.46. The van der Waals surface area contributed by atoms with Crippen molar-refractivity contribution in [3.63, 3.8) is 0 Å². The predicted molar refractivity (Wildman–Crippen MR) is 61.1 cm³/mol. The average molecular weight is 223 g/mol. The molecule has 3 rings (SSSR count). The van der Waals surface area contributed by atoms with E-state index in [1.807, 2.05) is 0 Å². The van der Waals surface area contributed by atoms with Gasteiger partial charge < -0.3 is 10.1 Å². The third kappa shape index (κ3) is 1.41. The quantitative estimate of drug-likeness (QED) is 0.682. The summed E-state index contributed by atoms with van der Waals surface area (Å²) in [7, 11) is 0. The van der Waals surface area contributed by atoms with Crippen molar-refractivity contribution in [2.45, 2.75) is 56.9 Å². The van der Waals surface area contributed by atoms with Gasteiger partial charge >= 0.3 is 0 Å². The lowest BCUT2D eigenvalue weighted by atomic mass is 9.61. The zero-order chi connectivity index (χ0) is 11.1. The summed E-state index contributed by atoms with van der Waals surface area (Å²) in [5.41, 5.74) is 0.214. The van der Waals surface area contributed by atoms with Crippen molar-refractivity contribution in [1.29, 1.82) is 0 Å². The first-order valence-electron chi connectivity index (χ1n) is 6.65. The van der Waals surface area contributed by atoms with E-state index in [1.54, 1.807) is 0 Å². The second kappa shape index (κ2) is 3.73. The van der Waals surface area contributed by atoms with Crippen molar-refractivity contribution in [3.8, 4) is 0 Å². The van der Waals surface area contributed by atoms with Crippen molar-refractivity contribution in [3.05, 3.63) is 0 Å². The summed E-state index contributed by atoms with van der Waals surface area (Å²) in [6.07, 6.45) is 9.19. The molecule has 1 amide bonds. The maximum Gasteiger partial charge on any atom is 0.221 e. The number of rotatable bonds is 0. The molecule has 2 heterocycles. The van der Waals surface area contributed by atoms with Gasteiger partial charge in [-0.2, -0.15) is 0 Å². The normalized spacial score (nSPS) is 37.9. The van der Waals surface area contributed by atoms with Crippen LogP contribution in [0, 0.1) is 5.41 Å². The van der Waals surface area contributed by atoms with Crippen molar-refractivity contribution in [2.75, 3.05) is 13.2 Å². The Morgan fingerprint density at radius 3 is 2.56 bits per heavy atom. The molecular weight excluding hydrogens is 202 g/mol. The van der Waals surface area contributed by atoms with Crippen LogP contribution in [-0.4, -0.2) is 24.7 Å². The molecule has 0 aromatic carbocycles. The van der Waals surface area contributed by atoms with Crippen LogP contribution in [0.2, 0.25) is 0 Å². The number of carbonyl (C=O) groups is 1. The number of amides is 1. The number of nitrogens with one attached hydrogen (secondary N) is 1. The zero-order valence-corrected chi connectivity index (χ0v) is 9.89. The van der Waals surface area contributed by atoms with Gasteiger partial charge in [-0.3, -0.25) is 4.79 Å². The van der Waals surface area contributed by atoms with Crippen LogP contribution in [0.4, 0.5) is 0 Å². The van der Waals surface area contributed by atoms with Crippen molar-refractivity contribution in [1.82, 2.24) is 5.32 Å². The minimum atomic E-state index is 0.0861. The lowest BCUT2D eigenvalue weighted by Gasteiger charge is -2.49. The Morgan fingerprint density at radius 2 is 1.88 bits per heavy atom. The maximum absolute atomic E-state index is 11.8. The molecule has 3 aliphatic rings. The molecule has 1 unspecified atom stereocenters. The molecule has 1 atom stereocenters. The highest BCUT2D eigenvalue weighted by atomic mass is 16.5. The fraction of sp³-hybridized carbons (Fsp3) is 0.923. The van der Waals surface area contributed by atoms with Gasteiger partial charge in [0.05, 0.1) is 6.61 Å². The van der Waals surface area contributed by atoms with Crippen LogP contribution in [0.15, 0.2) is 0 Å². The van der Waals surface area contributed by atoms with Gasteiger partial charge in [0.25, 0.3) is 0 Å². The molecule has 1 N–H and O–H groups in total. The Bertz CT molecular complexity index is 260. The van der Waals surface area contributed by atoms with Gasteiger partial charge in [0, 0.05) is 24.0 Å². The average Bonchev–Trinajstić information content (AvgIpc) is 2.53. The number of fused-ring (bicyclic) bond motifs is 1. The molecule has 2 aliphatic heterocycles. The van der Waals surface area contributed by atoms with Crippen molar-refractivity contribution < 1.29 is 9.53 Å². The largest absolute Gasteiger partial charge is 0.381 e. The Labute approximate surface area is 96.9 Å². The molecule has 0 aromatic rings. The van der Waals surface area contributed by atoms with Gasteiger partial charge in [0.1, 0.15) is 0 Å². The van der Waals surface area contributed by atoms with Crippen LogP contribution in [0.5, 0.6) is 0 Å². The fourth-order valence-corrected chi connectivity index (χ4v) is 4.10. The number of hydrogen-bond acceptors (Lipinski definition) is 2. The predicted octanol–water partition coefficient (Wildman–Crippen LogP) is 2.01. The summed E-state index contributed by atoms with van der Waals surface area (Å²) in [6, 6.07) is 0. The lowest BCUT2D eigenvalue weighted by molar-refractivity contribution is -0.120. The van der Waals surface area contributed by atoms with E-state index in [4.69, 9.17) is 4.74 Å². The number of ether oxygens (including phenoxy) is 1. The third-order valence-electron chi connectivity index (χ3n) is 4.92. The van der Waals surface area contributed by atoms with Crippen LogP contribution < -0.4 is 5.32 Å². The lowest BCUT2D eigenvalue weighted by Crippen LogP contribution is -2.56. The first kappa shape index (κ1) is 10.6. The molecule has 0 aromatic heterocycles. The molecule has 3 heteroatoms. The molecule has 3 fully saturated rings. The van der Waals surface area contributed by atoms with E-state index in [1.165, 1.54) is 38.5 Å². The van der Waals surface area contributed by atoms with Crippen molar-refractivity contribution in [2.24, 2.45) is 5.41 Å². The standard InChI is InChI=1S/C13H21NO2/c15-11-9-12(5-4-8-16-10-12)13(14-11)6-2-1-3-7-13/h1-10H2,(H,14,15). The molecule has 90 valence electrons. The van der Waals surface area contributed by atoms with E-state index in [0.29, 0.717) is 6.42 Å². The molecule has 2 spiro atoms. The maximum atomic E-state index is 11.8. The second-order valence-electron chi connectivity index (χ2n) is 5.80. The molecule has 3 nitrogen and oxygen atoms in total. The molecule has 2 saturated heterocycles. The molecule has 1 aliphatic carbocycles. The van der Waals surface area contributed by atoms with E-state index in [2.05, 4.69) is 5.32 Å². The van der Waals surface area contributed by atoms with E-state index in [-0.39, 0.29) is 16.9 Å². The summed E-state index contributed by atoms with van der Waals surface area (Å²) < 4.78 is 5.69. The minimum Gasteiger partial charge on any atom is -0.381 e. The first-order chi connectivity index (χ1) is 7.77. The Balaban J connectivity index is 1.91. The topological polar surface area (TPSA) is 38.3 Å². The summed E-state index contributed by atoms with van der Waals surface area (Å²) in [5.74, 6) is 0.257. The number of carbonyl (C=O) groups excluding carboxylic acids is 1. The summed E-state index contributed by atoms with van der Waals surface area (Å²) in [4.78, 5) is 11.8. The Morgan fingerprint density at radius 1 is 1.06 bits per heavy atom. The van der Waals surface area contributed by atoms with Gasteiger partial charge in [-0.15, -0.1) is 0 Å². The molecule has 1 saturated carbocycles. The molecule has 0 radical (unpaired) electrons. The zero-order valence-electron chi connectivity index (χ0n) is 9.89. The fourth-order valence-electron chi connectivity index (χ4n) is 4.10. The third-order valence-corrected chi connectivity index (χ3v) is 4.92. The highest BCUT2D eigenvalue weighted by Crippen LogP contribution is 2.52. The summed E-state index contributed by atoms with van der Waals surface area (Å²) >= 11 is 0. The van der Waals surface area contributed by atoms with Crippen LogP contribution in [0.1, 0.15) is 51.4 Å². The second-order valence-corrected chi connectivity index (χ2v) is 5.80. The van der Waals surface area contributed by atoms with Crippen LogP contribution >= 0.6 is 0 Å². The first-order valence-corrected chi connectivity index (χ1v) is 6.65. The van der Waals surface area contributed by atoms with E-state index in [9.17, 15) is 4.79 Å². The monoisotopic (exact) mass is 223 g/mol. The highest BCUT2D eigenvalue weighted by Gasteiger charge is 2.58. The highest BCUT2D eigenvalue weighted by molar-refractivity contribution is 5.81. The SMILES string of the molecule is O=C1CC2(CCCOC2)C2(CCCCC2)N1. The smallest absolute Gasteiger partial charge is 0.221 e.